The zero-order valence-corrected chi connectivity index (χ0v) is 24.7. The minimum Gasteiger partial charge on any atom is -0.494 e. The Labute approximate surface area is 258 Å². The molecule has 7 heteroatoms. The smallest absolute Gasteiger partial charge is 0.261 e. The monoisotopic (exact) mass is 587 g/mol. The highest BCUT2D eigenvalue weighted by Gasteiger charge is 2.49. The summed E-state index contributed by atoms with van der Waals surface area (Å²) in [6.45, 7) is 3.32. The van der Waals surface area contributed by atoms with E-state index in [9.17, 15) is 14.4 Å². The molecule has 44 heavy (non-hydrogen) atoms. The molecule has 4 aromatic rings. The predicted octanol–water partition coefficient (Wildman–Crippen LogP) is 5.09. The van der Waals surface area contributed by atoms with Crippen LogP contribution in [0.4, 0.5) is 0 Å². The Morgan fingerprint density at radius 3 is 1.91 bits per heavy atom. The molecule has 0 bridgehead atoms. The zero-order chi connectivity index (χ0) is 30.5. The molecule has 2 aliphatic heterocycles. The molecule has 2 heterocycles. The van der Waals surface area contributed by atoms with Gasteiger partial charge in [0.15, 0.2) is 0 Å². The molecule has 0 radical (unpaired) electrons. The third kappa shape index (κ3) is 5.63. The molecule has 0 saturated carbocycles. The number of ether oxygens (including phenoxy) is 1. The van der Waals surface area contributed by atoms with Crippen LogP contribution < -0.4 is 10.5 Å². The van der Waals surface area contributed by atoms with E-state index < -0.39 is 5.41 Å². The van der Waals surface area contributed by atoms with Crippen molar-refractivity contribution in [3.63, 3.8) is 0 Å². The van der Waals surface area contributed by atoms with E-state index in [4.69, 9.17) is 10.5 Å². The maximum atomic E-state index is 13.3. The van der Waals surface area contributed by atoms with Gasteiger partial charge in [-0.3, -0.25) is 19.3 Å². The van der Waals surface area contributed by atoms with Crippen molar-refractivity contribution in [1.29, 1.82) is 0 Å². The number of carbonyl (C=O) groups excluding carboxylic acids is 3. The second kappa shape index (κ2) is 12.9. The van der Waals surface area contributed by atoms with Gasteiger partial charge in [-0.2, -0.15) is 0 Å². The Kier molecular flexibility index (Phi) is 8.57. The van der Waals surface area contributed by atoms with Crippen molar-refractivity contribution in [3.05, 3.63) is 137 Å². The molecule has 0 aliphatic carbocycles. The molecule has 1 saturated heterocycles. The molecule has 2 aliphatic rings. The van der Waals surface area contributed by atoms with Gasteiger partial charge in [0.2, 0.25) is 5.91 Å². The van der Waals surface area contributed by atoms with Crippen LogP contribution in [0.1, 0.15) is 50.2 Å². The molecule has 1 fully saturated rings. The Hall–Kier alpha value is -4.75. The Bertz CT molecular complexity index is 1550. The van der Waals surface area contributed by atoms with E-state index in [0.717, 1.165) is 49.4 Å². The van der Waals surface area contributed by atoms with Crippen LogP contribution in [0.3, 0.4) is 0 Å². The lowest BCUT2D eigenvalue weighted by atomic mass is 9.64. The summed E-state index contributed by atoms with van der Waals surface area (Å²) >= 11 is 0. The van der Waals surface area contributed by atoms with Crippen LogP contribution in [0, 0.1) is 5.92 Å². The molecule has 4 aromatic carbocycles. The van der Waals surface area contributed by atoms with Gasteiger partial charge >= 0.3 is 0 Å². The first-order valence-corrected chi connectivity index (χ1v) is 15.3. The van der Waals surface area contributed by atoms with E-state index in [-0.39, 0.29) is 23.6 Å². The average Bonchev–Trinajstić information content (AvgIpc) is 3.63. The number of fused-ring (bicyclic) bond motifs is 1. The van der Waals surface area contributed by atoms with Gasteiger partial charge in [-0.1, -0.05) is 84.9 Å². The second-order valence-electron chi connectivity index (χ2n) is 11.6. The number of nitrogens with zero attached hydrogens (tertiary/aromatic N) is 2. The summed E-state index contributed by atoms with van der Waals surface area (Å²) in [6, 6.07) is 35.0. The van der Waals surface area contributed by atoms with Gasteiger partial charge in [-0.25, -0.2) is 0 Å². The number of rotatable bonds is 12. The quantitative estimate of drug-likeness (QED) is 0.184. The van der Waals surface area contributed by atoms with Gasteiger partial charge in [0, 0.05) is 19.6 Å². The van der Waals surface area contributed by atoms with E-state index in [1.807, 2.05) is 72.8 Å². The minimum atomic E-state index is -0.879. The highest BCUT2D eigenvalue weighted by molar-refractivity contribution is 6.21. The van der Waals surface area contributed by atoms with Crippen molar-refractivity contribution in [2.24, 2.45) is 11.7 Å². The molecule has 0 spiro atoms. The normalized spacial score (nSPS) is 16.7. The summed E-state index contributed by atoms with van der Waals surface area (Å²) in [5.74, 6) is 0.0516. The second-order valence-corrected chi connectivity index (χ2v) is 11.6. The zero-order valence-electron chi connectivity index (χ0n) is 24.7. The number of hydrogen-bond donors (Lipinski definition) is 1. The Morgan fingerprint density at radius 1 is 0.773 bits per heavy atom. The first-order valence-electron chi connectivity index (χ1n) is 15.3. The number of nitrogens with two attached hydrogens (primary N) is 1. The molecule has 6 rings (SSSR count). The third-order valence-electron chi connectivity index (χ3n) is 9.04. The largest absolute Gasteiger partial charge is 0.494 e. The summed E-state index contributed by atoms with van der Waals surface area (Å²) in [4.78, 5) is 42.1. The van der Waals surface area contributed by atoms with Gasteiger partial charge in [-0.15, -0.1) is 0 Å². The maximum absolute atomic E-state index is 13.3. The number of imide groups is 1. The van der Waals surface area contributed by atoms with Crippen LogP contribution >= 0.6 is 0 Å². The summed E-state index contributed by atoms with van der Waals surface area (Å²) in [5.41, 5.74) is 9.41. The van der Waals surface area contributed by atoms with Crippen molar-refractivity contribution in [2.45, 2.75) is 24.7 Å². The van der Waals surface area contributed by atoms with Gasteiger partial charge in [0.05, 0.1) is 17.7 Å². The summed E-state index contributed by atoms with van der Waals surface area (Å²) in [6.07, 6.45) is 2.33. The molecule has 0 aromatic heterocycles. The van der Waals surface area contributed by atoms with Crippen LogP contribution in [-0.4, -0.2) is 60.3 Å². The Balaban J connectivity index is 1.01. The lowest BCUT2D eigenvalue weighted by Crippen LogP contribution is -2.49. The van der Waals surface area contributed by atoms with Crippen molar-refractivity contribution in [3.8, 4) is 5.75 Å². The summed E-state index contributed by atoms with van der Waals surface area (Å²) in [5, 5.41) is 0. The van der Waals surface area contributed by atoms with Gasteiger partial charge in [0.1, 0.15) is 11.2 Å². The summed E-state index contributed by atoms with van der Waals surface area (Å²) in [7, 11) is 0. The third-order valence-corrected chi connectivity index (χ3v) is 9.04. The van der Waals surface area contributed by atoms with Crippen LogP contribution in [0.2, 0.25) is 0 Å². The fraction of sp³-hybridized carbons (Fsp3) is 0.270. The van der Waals surface area contributed by atoms with E-state index in [1.165, 1.54) is 10.5 Å². The predicted molar refractivity (Wildman–Crippen MR) is 169 cm³/mol. The Morgan fingerprint density at radius 2 is 1.34 bits per heavy atom. The number of primary amides is 1. The van der Waals surface area contributed by atoms with Crippen LogP contribution in [-0.2, 0) is 16.6 Å². The van der Waals surface area contributed by atoms with Gasteiger partial charge < -0.3 is 15.4 Å². The summed E-state index contributed by atoms with van der Waals surface area (Å²) < 4.78 is 5.90. The SMILES string of the molecule is NC(=O)C(c1ccccc1)(c1ccccc1)C1CCN(CCc2ccc(OCCCN3C(=O)c4ccccc4C3=O)cc2)C1. The van der Waals surface area contributed by atoms with E-state index in [2.05, 4.69) is 17.0 Å². The maximum Gasteiger partial charge on any atom is 0.261 e. The highest BCUT2D eigenvalue weighted by Crippen LogP contribution is 2.43. The number of benzene rings is 4. The fourth-order valence-corrected chi connectivity index (χ4v) is 6.81. The van der Waals surface area contributed by atoms with Crippen molar-refractivity contribution in [1.82, 2.24) is 9.80 Å². The van der Waals surface area contributed by atoms with Gasteiger partial charge in [0.25, 0.3) is 11.8 Å². The van der Waals surface area contributed by atoms with E-state index in [1.54, 1.807) is 24.3 Å². The number of likely N-dealkylation sites (tertiary alicyclic amines) is 1. The van der Waals surface area contributed by atoms with Crippen molar-refractivity contribution >= 4 is 17.7 Å². The molecular weight excluding hydrogens is 550 g/mol. The topological polar surface area (TPSA) is 92.9 Å². The lowest BCUT2D eigenvalue weighted by Gasteiger charge is -2.37. The van der Waals surface area contributed by atoms with E-state index >= 15 is 0 Å². The number of amides is 3. The van der Waals surface area contributed by atoms with Gasteiger partial charge in [-0.05, 0) is 72.7 Å². The molecule has 1 atom stereocenters. The number of hydrogen-bond acceptors (Lipinski definition) is 5. The average molecular weight is 588 g/mol. The van der Waals surface area contributed by atoms with Crippen LogP contribution in [0.5, 0.6) is 5.75 Å². The first-order chi connectivity index (χ1) is 21.5. The standard InChI is InChI=1S/C37H37N3O4/c38-36(43)37(28-10-3-1-4-11-28,29-12-5-2-6-13-29)30-21-24-39(26-30)23-20-27-16-18-31(19-17-27)44-25-9-22-40-34(41)32-14-7-8-15-33(32)35(40)42/h1-8,10-19,30H,9,20-26H2,(H2,38,43). The highest BCUT2D eigenvalue weighted by atomic mass is 16.5. The molecule has 2 N–H and O–H groups in total. The first kappa shape index (κ1) is 29.3. The molecular formula is C37H37N3O4. The molecule has 3 amide bonds. The molecule has 224 valence electrons. The number of carbonyl (C=O) groups is 3. The minimum absolute atomic E-state index is 0.0703. The van der Waals surface area contributed by atoms with Crippen molar-refractivity contribution in [2.75, 3.05) is 32.8 Å². The fourth-order valence-electron chi connectivity index (χ4n) is 6.81. The molecule has 7 nitrogen and oxygen atoms in total. The van der Waals surface area contributed by atoms with E-state index in [0.29, 0.717) is 30.7 Å². The molecule has 1 unspecified atom stereocenters. The lowest BCUT2D eigenvalue weighted by molar-refractivity contribution is -0.123. The van der Waals surface area contributed by atoms with Crippen LogP contribution in [0.25, 0.3) is 0 Å². The van der Waals surface area contributed by atoms with Crippen LogP contribution in [0.15, 0.2) is 109 Å². The van der Waals surface area contributed by atoms with Crippen molar-refractivity contribution < 1.29 is 19.1 Å².